The molecule has 4 heterocycles. The Morgan fingerprint density at radius 1 is 1.30 bits per heavy atom. The number of aryl methyl sites for hydroxylation is 1. The number of rotatable bonds is 6. The number of methoxy groups -OCH3 is 1. The predicted octanol–water partition coefficient (Wildman–Crippen LogP) is 2.85. The van der Waals surface area contributed by atoms with Crippen molar-refractivity contribution in [1.82, 2.24) is 14.3 Å². The molecule has 2 aromatic heterocycles. The highest BCUT2D eigenvalue weighted by atomic mass is 32.2. The molecule has 0 spiro atoms. The number of hydrogen-bond acceptors (Lipinski definition) is 8. The van der Waals surface area contributed by atoms with E-state index in [0.717, 1.165) is 5.56 Å². The van der Waals surface area contributed by atoms with Crippen molar-refractivity contribution >= 4 is 51.7 Å². The molecule has 2 unspecified atom stereocenters. The molecule has 4 rings (SSSR count). The minimum atomic E-state index is -0.213. The average Bonchev–Trinajstić information content (AvgIpc) is 3.03. The van der Waals surface area contributed by atoms with Crippen molar-refractivity contribution in [3.63, 3.8) is 0 Å². The van der Waals surface area contributed by atoms with Gasteiger partial charge in [0.05, 0.1) is 22.7 Å². The predicted molar refractivity (Wildman–Crippen MR) is 135 cm³/mol. The van der Waals surface area contributed by atoms with Gasteiger partial charge in [-0.2, -0.15) is 0 Å². The Morgan fingerprint density at radius 2 is 2.03 bits per heavy atom. The SMILES string of the molecule is COCCCN1C(=O)/C(=C/c2c(N3CC(C)OC(C)C3)nc3c(C)cccn3c2=O)SC1=S. The van der Waals surface area contributed by atoms with E-state index >= 15 is 0 Å². The number of nitrogens with zero attached hydrogens (tertiary/aromatic N) is 4. The maximum Gasteiger partial charge on any atom is 0.267 e. The van der Waals surface area contributed by atoms with Gasteiger partial charge in [0.1, 0.15) is 15.8 Å². The van der Waals surface area contributed by atoms with E-state index < -0.39 is 0 Å². The molecule has 2 saturated heterocycles. The lowest BCUT2D eigenvalue weighted by atomic mass is 10.1. The first-order valence-electron chi connectivity index (χ1n) is 11.0. The van der Waals surface area contributed by atoms with Crippen molar-refractivity contribution in [2.75, 3.05) is 38.3 Å². The smallest absolute Gasteiger partial charge is 0.267 e. The monoisotopic (exact) mass is 488 g/mol. The molecular weight excluding hydrogens is 460 g/mol. The summed E-state index contributed by atoms with van der Waals surface area (Å²) in [5.41, 5.74) is 1.68. The van der Waals surface area contributed by atoms with Crippen LogP contribution in [-0.2, 0) is 14.3 Å². The number of hydrogen-bond donors (Lipinski definition) is 0. The molecule has 8 nitrogen and oxygen atoms in total. The van der Waals surface area contributed by atoms with Crippen molar-refractivity contribution in [2.45, 2.75) is 39.4 Å². The van der Waals surface area contributed by atoms with Crippen molar-refractivity contribution in [2.24, 2.45) is 0 Å². The van der Waals surface area contributed by atoms with Gasteiger partial charge in [-0.15, -0.1) is 0 Å². The largest absolute Gasteiger partial charge is 0.385 e. The van der Waals surface area contributed by atoms with E-state index in [-0.39, 0.29) is 23.7 Å². The normalized spacial score (nSPS) is 22.7. The summed E-state index contributed by atoms with van der Waals surface area (Å²) in [5, 5.41) is 0. The zero-order valence-corrected chi connectivity index (χ0v) is 20.9. The van der Waals surface area contributed by atoms with Crippen LogP contribution in [0.1, 0.15) is 31.4 Å². The molecule has 0 saturated carbocycles. The highest BCUT2D eigenvalue weighted by Gasteiger charge is 2.33. The zero-order valence-electron chi connectivity index (χ0n) is 19.2. The third kappa shape index (κ3) is 4.84. The van der Waals surface area contributed by atoms with E-state index in [4.69, 9.17) is 26.7 Å². The number of carbonyl (C=O) groups is 1. The Hall–Kier alpha value is -2.27. The molecule has 2 aliphatic heterocycles. The molecule has 1 amide bonds. The summed E-state index contributed by atoms with van der Waals surface area (Å²) >= 11 is 6.65. The fourth-order valence-corrected chi connectivity index (χ4v) is 5.50. The molecule has 2 aliphatic rings. The van der Waals surface area contributed by atoms with Crippen LogP contribution in [0.5, 0.6) is 0 Å². The Labute approximate surface area is 202 Å². The summed E-state index contributed by atoms with van der Waals surface area (Å²) in [5.74, 6) is 0.380. The highest BCUT2D eigenvalue weighted by molar-refractivity contribution is 8.26. The Bertz CT molecular complexity index is 1170. The molecule has 0 aliphatic carbocycles. The van der Waals surface area contributed by atoms with Gasteiger partial charge in [-0.1, -0.05) is 30.0 Å². The van der Waals surface area contributed by atoms with Gasteiger partial charge in [0, 0.05) is 39.5 Å². The van der Waals surface area contributed by atoms with E-state index in [1.807, 2.05) is 32.9 Å². The van der Waals surface area contributed by atoms with Crippen molar-refractivity contribution < 1.29 is 14.3 Å². The molecule has 2 atom stereocenters. The number of pyridine rings is 1. The van der Waals surface area contributed by atoms with E-state index in [1.54, 1.807) is 24.3 Å². The first-order valence-corrected chi connectivity index (χ1v) is 12.2. The Balaban J connectivity index is 1.81. The first kappa shape index (κ1) is 23.9. The Morgan fingerprint density at radius 3 is 2.73 bits per heavy atom. The van der Waals surface area contributed by atoms with Gasteiger partial charge in [0.25, 0.3) is 11.5 Å². The van der Waals surface area contributed by atoms with E-state index in [1.165, 1.54) is 16.2 Å². The quantitative estimate of drug-likeness (QED) is 0.349. The van der Waals surface area contributed by atoms with Gasteiger partial charge in [-0.25, -0.2) is 4.98 Å². The minimum Gasteiger partial charge on any atom is -0.385 e. The molecule has 0 bridgehead atoms. The molecule has 10 heteroatoms. The van der Waals surface area contributed by atoms with Gasteiger partial charge in [0.15, 0.2) is 0 Å². The lowest BCUT2D eigenvalue weighted by Gasteiger charge is -2.36. The fraction of sp³-hybridized carbons (Fsp3) is 0.478. The number of fused-ring (bicyclic) bond motifs is 1. The zero-order chi connectivity index (χ0) is 23.7. The van der Waals surface area contributed by atoms with Crippen LogP contribution in [-0.4, -0.2) is 70.1 Å². The summed E-state index contributed by atoms with van der Waals surface area (Å²) in [4.78, 5) is 35.7. The van der Waals surface area contributed by atoms with Crippen LogP contribution in [0.2, 0.25) is 0 Å². The highest BCUT2D eigenvalue weighted by Crippen LogP contribution is 2.34. The second-order valence-electron chi connectivity index (χ2n) is 8.38. The van der Waals surface area contributed by atoms with Crippen molar-refractivity contribution in [3.8, 4) is 0 Å². The maximum atomic E-state index is 13.6. The molecule has 2 aromatic rings. The second-order valence-corrected chi connectivity index (χ2v) is 10.1. The third-order valence-electron chi connectivity index (χ3n) is 5.66. The van der Waals surface area contributed by atoms with Gasteiger partial charge >= 0.3 is 0 Å². The molecule has 0 radical (unpaired) electrons. The first-order chi connectivity index (χ1) is 15.8. The topological polar surface area (TPSA) is 76.4 Å². The van der Waals surface area contributed by atoms with E-state index in [0.29, 0.717) is 58.9 Å². The fourth-order valence-electron chi connectivity index (χ4n) is 4.21. The van der Waals surface area contributed by atoms with Gasteiger partial charge in [0.2, 0.25) is 0 Å². The minimum absolute atomic E-state index is 0.00211. The summed E-state index contributed by atoms with van der Waals surface area (Å²) in [6.07, 6.45) is 4.04. The van der Waals surface area contributed by atoms with Crippen molar-refractivity contribution in [3.05, 3.63) is 44.7 Å². The van der Waals surface area contributed by atoms with E-state index in [2.05, 4.69) is 4.90 Å². The lowest BCUT2D eigenvalue weighted by molar-refractivity contribution is -0.122. The number of ether oxygens (including phenoxy) is 2. The van der Waals surface area contributed by atoms with Gasteiger partial charge in [-0.05, 0) is 44.9 Å². The van der Waals surface area contributed by atoms with Gasteiger partial charge < -0.3 is 14.4 Å². The molecule has 2 fully saturated rings. The van der Waals surface area contributed by atoms with Crippen LogP contribution >= 0.6 is 24.0 Å². The van der Waals surface area contributed by atoms with Crippen LogP contribution in [0.4, 0.5) is 5.82 Å². The Kier molecular flexibility index (Phi) is 7.18. The molecule has 33 heavy (non-hydrogen) atoms. The van der Waals surface area contributed by atoms with Crippen LogP contribution in [0.15, 0.2) is 28.0 Å². The molecule has 176 valence electrons. The molecule has 0 aromatic carbocycles. The van der Waals surface area contributed by atoms with Crippen LogP contribution < -0.4 is 10.5 Å². The average molecular weight is 489 g/mol. The van der Waals surface area contributed by atoms with Crippen LogP contribution in [0, 0.1) is 6.92 Å². The number of thioether (sulfide) groups is 1. The number of aromatic nitrogens is 2. The number of anilines is 1. The summed E-state index contributed by atoms with van der Waals surface area (Å²) < 4.78 is 13.0. The molecule has 0 N–H and O–H groups in total. The van der Waals surface area contributed by atoms with Crippen LogP contribution in [0.25, 0.3) is 11.7 Å². The number of amides is 1. The number of thiocarbonyl (C=S) groups is 1. The molecular formula is C23H28N4O4S2. The second kappa shape index (κ2) is 9.92. The van der Waals surface area contributed by atoms with Gasteiger partial charge in [-0.3, -0.25) is 18.9 Å². The number of morpholine rings is 1. The third-order valence-corrected chi connectivity index (χ3v) is 7.04. The summed E-state index contributed by atoms with van der Waals surface area (Å²) in [7, 11) is 1.63. The summed E-state index contributed by atoms with van der Waals surface area (Å²) in [6, 6.07) is 3.75. The van der Waals surface area contributed by atoms with Crippen molar-refractivity contribution in [1.29, 1.82) is 0 Å². The standard InChI is InChI=1S/C23H28N4O4S2/c1-14-7-5-8-26-19(14)24-20(25-12-15(2)31-16(3)13-25)17(21(26)28)11-18-22(29)27(23(32)33-18)9-6-10-30-4/h5,7-8,11,15-16H,6,9-10,12-13H2,1-4H3/b18-11-. The maximum absolute atomic E-state index is 13.6. The summed E-state index contributed by atoms with van der Waals surface area (Å²) in [6.45, 7) is 8.19. The van der Waals surface area contributed by atoms with Crippen LogP contribution in [0.3, 0.4) is 0 Å². The van der Waals surface area contributed by atoms with E-state index in [9.17, 15) is 9.59 Å². The lowest BCUT2D eigenvalue weighted by Crippen LogP contribution is -2.46. The number of carbonyl (C=O) groups excluding carboxylic acids is 1.